The zero-order valence-corrected chi connectivity index (χ0v) is 19.8. The fourth-order valence-electron chi connectivity index (χ4n) is 2.37. The Kier molecular flexibility index (Phi) is 6.93. The van der Waals surface area contributed by atoms with E-state index in [1.807, 2.05) is 19.1 Å². The Hall–Kier alpha value is -1.95. The first-order valence-electron chi connectivity index (χ1n) is 8.15. The van der Waals surface area contributed by atoms with Crippen LogP contribution in [0.5, 0.6) is 5.75 Å². The molecule has 0 radical (unpaired) electrons. The number of hydrogen-bond donors (Lipinski definition) is 2. The number of nitrogens with one attached hydrogen (secondary N) is 2. The van der Waals surface area contributed by atoms with Crippen LogP contribution < -0.4 is 14.8 Å². The molecular formula is C18H15Br2N3O4S2. The van der Waals surface area contributed by atoms with Gasteiger partial charge in [0.1, 0.15) is 5.75 Å². The molecule has 3 rings (SSSR count). The maximum atomic E-state index is 12.3. The first-order valence-corrected chi connectivity index (χ1v) is 12.1. The third-order valence-electron chi connectivity index (χ3n) is 3.64. The van der Waals surface area contributed by atoms with Crippen molar-refractivity contribution in [3.05, 3.63) is 62.5 Å². The second-order valence-electron chi connectivity index (χ2n) is 5.84. The third kappa shape index (κ3) is 5.78. The molecule has 1 aromatic heterocycles. The summed E-state index contributed by atoms with van der Waals surface area (Å²) in [5.74, 6) is 0.216. The summed E-state index contributed by atoms with van der Waals surface area (Å²) in [6, 6.07) is 9.55. The van der Waals surface area contributed by atoms with Crippen LogP contribution in [0, 0.1) is 6.92 Å². The van der Waals surface area contributed by atoms with Gasteiger partial charge >= 0.3 is 0 Å². The van der Waals surface area contributed by atoms with E-state index >= 15 is 0 Å². The Bertz CT molecular complexity index is 1100. The van der Waals surface area contributed by atoms with Crippen LogP contribution in [0.25, 0.3) is 0 Å². The van der Waals surface area contributed by atoms with E-state index in [0.29, 0.717) is 11.4 Å². The minimum atomic E-state index is -3.74. The summed E-state index contributed by atoms with van der Waals surface area (Å²) in [5, 5.41) is 4.63. The van der Waals surface area contributed by atoms with Crippen LogP contribution in [-0.4, -0.2) is 25.9 Å². The highest BCUT2D eigenvalue weighted by Crippen LogP contribution is 2.32. The molecule has 29 heavy (non-hydrogen) atoms. The van der Waals surface area contributed by atoms with Crippen molar-refractivity contribution in [3.63, 3.8) is 0 Å². The molecule has 0 fully saturated rings. The van der Waals surface area contributed by atoms with Crippen LogP contribution in [-0.2, 0) is 14.8 Å². The standard InChI is InChI=1S/C18H15Br2N3O4S2/c1-11-8-12(19)9-15(20)17(11)27-10-16(24)22-13-2-4-14(5-3-13)29(25,26)23-18-21-6-7-28-18/h2-9H,10H2,1H3,(H,21,23)(H,22,24). The summed E-state index contributed by atoms with van der Waals surface area (Å²) in [4.78, 5) is 16.1. The molecule has 3 aromatic rings. The highest BCUT2D eigenvalue weighted by molar-refractivity contribution is 9.11. The monoisotopic (exact) mass is 559 g/mol. The lowest BCUT2D eigenvalue weighted by molar-refractivity contribution is -0.118. The molecular weight excluding hydrogens is 546 g/mol. The molecule has 0 atom stereocenters. The third-order valence-corrected chi connectivity index (χ3v) is 6.86. The van der Waals surface area contributed by atoms with Crippen molar-refractivity contribution in [2.75, 3.05) is 16.6 Å². The molecule has 0 aliphatic rings. The predicted octanol–water partition coefficient (Wildman–Crippen LogP) is 4.79. The molecule has 0 saturated heterocycles. The van der Waals surface area contributed by atoms with Gasteiger partial charge in [-0.2, -0.15) is 0 Å². The van der Waals surface area contributed by atoms with Crippen LogP contribution in [0.1, 0.15) is 5.56 Å². The minimum Gasteiger partial charge on any atom is -0.482 e. The van der Waals surface area contributed by atoms with Gasteiger partial charge in [-0.25, -0.2) is 13.4 Å². The van der Waals surface area contributed by atoms with E-state index < -0.39 is 10.0 Å². The minimum absolute atomic E-state index is 0.0661. The van der Waals surface area contributed by atoms with Crippen molar-refractivity contribution >= 4 is 69.9 Å². The Labute approximate surface area is 188 Å². The van der Waals surface area contributed by atoms with Crippen molar-refractivity contribution in [2.24, 2.45) is 0 Å². The lowest BCUT2D eigenvalue weighted by Gasteiger charge is -2.12. The van der Waals surface area contributed by atoms with Gasteiger partial charge < -0.3 is 10.1 Å². The number of carbonyl (C=O) groups is 1. The molecule has 7 nitrogen and oxygen atoms in total. The molecule has 11 heteroatoms. The number of hydrogen-bond acceptors (Lipinski definition) is 6. The van der Waals surface area contributed by atoms with Crippen molar-refractivity contribution in [1.82, 2.24) is 4.98 Å². The second-order valence-corrected chi connectivity index (χ2v) is 10.2. The topological polar surface area (TPSA) is 97.4 Å². The molecule has 2 N–H and O–H groups in total. The number of sulfonamides is 1. The van der Waals surface area contributed by atoms with Crippen LogP contribution in [0.2, 0.25) is 0 Å². The van der Waals surface area contributed by atoms with E-state index in [4.69, 9.17) is 4.74 Å². The van der Waals surface area contributed by atoms with Crippen molar-refractivity contribution in [3.8, 4) is 5.75 Å². The highest BCUT2D eigenvalue weighted by Gasteiger charge is 2.16. The fraction of sp³-hybridized carbons (Fsp3) is 0.111. The summed E-state index contributed by atoms with van der Waals surface area (Å²) in [6.45, 7) is 1.69. The van der Waals surface area contributed by atoms with Gasteiger partial charge in [0.25, 0.3) is 15.9 Å². The molecule has 0 bridgehead atoms. The number of rotatable bonds is 7. The molecule has 152 valence electrons. The number of aryl methyl sites for hydroxylation is 1. The predicted molar refractivity (Wildman–Crippen MR) is 120 cm³/mol. The zero-order chi connectivity index (χ0) is 21.0. The Morgan fingerprint density at radius 1 is 1.21 bits per heavy atom. The molecule has 1 amide bonds. The van der Waals surface area contributed by atoms with Crippen LogP contribution in [0.15, 0.2) is 61.8 Å². The van der Waals surface area contributed by atoms with Gasteiger partial charge in [0, 0.05) is 21.7 Å². The molecule has 0 aliphatic heterocycles. The molecule has 0 saturated carbocycles. The average Bonchev–Trinajstić information content (AvgIpc) is 3.13. The Morgan fingerprint density at radius 3 is 2.55 bits per heavy atom. The zero-order valence-electron chi connectivity index (χ0n) is 15.0. The number of aromatic nitrogens is 1. The Balaban J connectivity index is 1.60. The van der Waals surface area contributed by atoms with E-state index in [1.54, 1.807) is 5.38 Å². The van der Waals surface area contributed by atoms with Crippen molar-refractivity contribution < 1.29 is 17.9 Å². The number of thiazole rings is 1. The number of amides is 1. The number of carbonyl (C=O) groups excluding carboxylic acids is 1. The Morgan fingerprint density at radius 2 is 1.93 bits per heavy atom. The van der Waals surface area contributed by atoms with Crippen LogP contribution in [0.3, 0.4) is 0 Å². The van der Waals surface area contributed by atoms with Gasteiger partial charge in [-0.15, -0.1) is 11.3 Å². The number of nitrogens with zero attached hydrogens (tertiary/aromatic N) is 1. The van der Waals surface area contributed by atoms with E-state index in [2.05, 4.69) is 46.9 Å². The summed E-state index contributed by atoms with van der Waals surface area (Å²) < 4.78 is 34.3. The van der Waals surface area contributed by atoms with Crippen LogP contribution >= 0.6 is 43.2 Å². The van der Waals surface area contributed by atoms with E-state index in [9.17, 15) is 13.2 Å². The lowest BCUT2D eigenvalue weighted by Crippen LogP contribution is -2.20. The first kappa shape index (κ1) is 21.8. The quantitative estimate of drug-likeness (QED) is 0.433. The van der Waals surface area contributed by atoms with E-state index in [0.717, 1.165) is 14.5 Å². The lowest BCUT2D eigenvalue weighted by atomic mass is 10.2. The fourth-order valence-corrected chi connectivity index (χ4v) is 5.71. The largest absolute Gasteiger partial charge is 0.482 e. The number of anilines is 2. The molecule has 0 aliphatic carbocycles. The second kappa shape index (κ2) is 9.24. The van der Waals surface area contributed by atoms with Crippen molar-refractivity contribution in [1.29, 1.82) is 0 Å². The first-order chi connectivity index (χ1) is 13.7. The molecule has 0 unspecified atom stereocenters. The number of benzene rings is 2. The van der Waals surface area contributed by atoms with E-state index in [1.165, 1.54) is 41.8 Å². The molecule has 2 aromatic carbocycles. The van der Waals surface area contributed by atoms with Gasteiger partial charge in [-0.1, -0.05) is 15.9 Å². The summed E-state index contributed by atoms with van der Waals surface area (Å²) >= 11 is 7.99. The molecule has 1 heterocycles. The van der Waals surface area contributed by atoms with Gasteiger partial charge in [0.2, 0.25) is 0 Å². The van der Waals surface area contributed by atoms with Gasteiger partial charge in [-0.3, -0.25) is 9.52 Å². The number of halogens is 2. The van der Waals surface area contributed by atoms with E-state index in [-0.39, 0.29) is 22.5 Å². The van der Waals surface area contributed by atoms with Gasteiger partial charge in [0.15, 0.2) is 11.7 Å². The summed E-state index contributed by atoms with van der Waals surface area (Å²) in [5.41, 5.74) is 1.33. The number of ether oxygens (including phenoxy) is 1. The maximum Gasteiger partial charge on any atom is 0.263 e. The smallest absolute Gasteiger partial charge is 0.263 e. The van der Waals surface area contributed by atoms with Gasteiger partial charge in [-0.05, 0) is 64.8 Å². The summed E-state index contributed by atoms with van der Waals surface area (Å²) in [6.07, 6.45) is 1.51. The normalized spacial score (nSPS) is 11.1. The highest BCUT2D eigenvalue weighted by atomic mass is 79.9. The molecule has 0 spiro atoms. The van der Waals surface area contributed by atoms with Crippen LogP contribution in [0.4, 0.5) is 10.8 Å². The average molecular weight is 561 g/mol. The van der Waals surface area contributed by atoms with Gasteiger partial charge in [0.05, 0.1) is 9.37 Å². The summed E-state index contributed by atoms with van der Waals surface area (Å²) in [7, 11) is -3.74. The SMILES string of the molecule is Cc1cc(Br)cc(Br)c1OCC(=O)Nc1ccc(S(=O)(=O)Nc2nccs2)cc1. The maximum absolute atomic E-state index is 12.3. The van der Waals surface area contributed by atoms with Crippen molar-refractivity contribution in [2.45, 2.75) is 11.8 Å².